The van der Waals surface area contributed by atoms with E-state index in [0.717, 1.165) is 0 Å². The third kappa shape index (κ3) is 6.04. The zero-order chi connectivity index (χ0) is 14.7. The predicted octanol–water partition coefficient (Wildman–Crippen LogP) is 2.55. The molecule has 0 saturated carbocycles. The maximum Gasteiger partial charge on any atom is 0.308 e. The van der Waals surface area contributed by atoms with E-state index in [-0.39, 0.29) is 31.1 Å². The molecule has 1 aliphatic heterocycles. The lowest BCUT2D eigenvalue weighted by atomic mass is 10.1. The van der Waals surface area contributed by atoms with Gasteiger partial charge in [0.25, 0.3) is 0 Å². The van der Waals surface area contributed by atoms with Crippen LogP contribution >= 0.6 is 0 Å². The molecule has 0 N–H and O–H groups in total. The van der Waals surface area contributed by atoms with Gasteiger partial charge in [0.05, 0.1) is 12.5 Å². The van der Waals surface area contributed by atoms with Crippen LogP contribution in [0.15, 0.2) is 0 Å². The zero-order valence-corrected chi connectivity index (χ0v) is 12.4. The highest BCUT2D eigenvalue weighted by atomic mass is 16.7. The highest BCUT2D eigenvalue weighted by Gasteiger charge is 2.38. The fraction of sp³-hybridized carbons (Fsp3) is 0.857. The normalized spacial score (nSPS) is 26.5. The van der Waals surface area contributed by atoms with Crippen LogP contribution in [0.2, 0.25) is 0 Å². The summed E-state index contributed by atoms with van der Waals surface area (Å²) >= 11 is 0. The highest BCUT2D eigenvalue weighted by molar-refractivity contribution is 5.70. The molecule has 5 heteroatoms. The molecule has 0 spiro atoms. The Morgan fingerprint density at radius 1 is 1.37 bits per heavy atom. The number of nitrogens with zero attached hydrogens (tertiary/aromatic N) is 1. The van der Waals surface area contributed by atoms with Gasteiger partial charge in [0.15, 0.2) is 5.79 Å². The van der Waals surface area contributed by atoms with Crippen LogP contribution in [0.4, 0.5) is 0 Å². The molecule has 0 unspecified atom stereocenters. The van der Waals surface area contributed by atoms with E-state index in [1.165, 1.54) is 0 Å². The summed E-state index contributed by atoms with van der Waals surface area (Å²) in [4.78, 5) is 15.2. The molecule has 0 aromatic carbocycles. The fourth-order valence-corrected chi connectivity index (χ4v) is 2.13. The number of hydrogen-bond acceptors (Lipinski definition) is 4. The van der Waals surface area contributed by atoms with Crippen LogP contribution in [-0.2, 0) is 19.0 Å². The first-order chi connectivity index (χ1) is 8.61. The molecule has 19 heavy (non-hydrogen) atoms. The van der Waals surface area contributed by atoms with E-state index in [2.05, 4.69) is 4.85 Å². The van der Waals surface area contributed by atoms with E-state index in [1.54, 1.807) is 13.8 Å². The molecule has 2 atom stereocenters. The summed E-state index contributed by atoms with van der Waals surface area (Å²) in [7, 11) is 0. The zero-order valence-electron chi connectivity index (χ0n) is 12.4. The Kier molecular flexibility index (Phi) is 4.94. The van der Waals surface area contributed by atoms with Gasteiger partial charge in [-0.05, 0) is 34.6 Å². The van der Waals surface area contributed by atoms with Crippen molar-refractivity contribution in [2.45, 2.75) is 71.1 Å². The van der Waals surface area contributed by atoms with Gasteiger partial charge in [0.2, 0.25) is 6.54 Å². The van der Waals surface area contributed by atoms with Gasteiger partial charge >= 0.3 is 5.97 Å². The maximum absolute atomic E-state index is 11.8. The van der Waals surface area contributed by atoms with Gasteiger partial charge in [-0.3, -0.25) is 4.79 Å². The minimum atomic E-state index is -0.764. The summed E-state index contributed by atoms with van der Waals surface area (Å²) < 4.78 is 16.6. The van der Waals surface area contributed by atoms with Crippen LogP contribution in [0.1, 0.15) is 47.5 Å². The highest BCUT2D eigenvalue weighted by Crippen LogP contribution is 2.29. The van der Waals surface area contributed by atoms with Gasteiger partial charge in [-0.15, -0.1) is 0 Å². The van der Waals surface area contributed by atoms with Crippen LogP contribution in [0.25, 0.3) is 4.85 Å². The largest absolute Gasteiger partial charge is 0.460 e. The first-order valence-corrected chi connectivity index (χ1v) is 6.52. The fourth-order valence-electron chi connectivity index (χ4n) is 2.13. The van der Waals surface area contributed by atoms with E-state index < -0.39 is 11.4 Å². The summed E-state index contributed by atoms with van der Waals surface area (Å²) in [6.45, 7) is 16.3. The van der Waals surface area contributed by atoms with Gasteiger partial charge < -0.3 is 19.1 Å². The van der Waals surface area contributed by atoms with Crippen molar-refractivity contribution in [1.82, 2.24) is 0 Å². The monoisotopic (exact) mass is 269 g/mol. The van der Waals surface area contributed by atoms with Crippen molar-refractivity contribution in [3.63, 3.8) is 0 Å². The molecular formula is C14H23NO4. The summed E-state index contributed by atoms with van der Waals surface area (Å²) in [5.41, 5.74) is -0.492. The third-order valence-electron chi connectivity index (χ3n) is 2.54. The molecule has 108 valence electrons. The second-order valence-corrected chi connectivity index (χ2v) is 6.25. The average Bonchev–Trinajstić information content (AvgIpc) is 2.10. The molecule has 1 aliphatic rings. The van der Waals surface area contributed by atoms with Crippen molar-refractivity contribution in [2.24, 2.45) is 0 Å². The van der Waals surface area contributed by atoms with Gasteiger partial charge in [-0.2, -0.15) is 0 Å². The number of esters is 1. The third-order valence-corrected chi connectivity index (χ3v) is 2.54. The second kappa shape index (κ2) is 5.89. The second-order valence-electron chi connectivity index (χ2n) is 6.25. The predicted molar refractivity (Wildman–Crippen MR) is 70.4 cm³/mol. The molecular weight excluding hydrogens is 246 g/mol. The molecule has 0 radical (unpaired) electrons. The lowest BCUT2D eigenvalue weighted by Crippen LogP contribution is -2.46. The summed E-state index contributed by atoms with van der Waals surface area (Å²) in [6, 6.07) is 0. The van der Waals surface area contributed by atoms with E-state index in [0.29, 0.717) is 6.42 Å². The number of rotatable bonds is 3. The van der Waals surface area contributed by atoms with Crippen LogP contribution < -0.4 is 0 Å². The van der Waals surface area contributed by atoms with Gasteiger partial charge in [0, 0.05) is 6.42 Å². The smallest absolute Gasteiger partial charge is 0.308 e. The molecule has 5 nitrogen and oxygen atoms in total. The Labute approximate surface area is 115 Å². The molecule has 0 aliphatic carbocycles. The van der Waals surface area contributed by atoms with E-state index in [1.807, 2.05) is 20.8 Å². The Morgan fingerprint density at radius 2 is 1.95 bits per heavy atom. The average molecular weight is 269 g/mol. The van der Waals surface area contributed by atoms with Gasteiger partial charge in [0.1, 0.15) is 11.7 Å². The van der Waals surface area contributed by atoms with E-state index >= 15 is 0 Å². The molecule has 1 heterocycles. The van der Waals surface area contributed by atoms with Crippen LogP contribution in [0.3, 0.4) is 0 Å². The van der Waals surface area contributed by atoms with Crippen LogP contribution in [0, 0.1) is 6.57 Å². The number of ether oxygens (including phenoxy) is 3. The number of hydrogen-bond donors (Lipinski definition) is 0. The Hall–Kier alpha value is -1.12. The van der Waals surface area contributed by atoms with Crippen molar-refractivity contribution in [2.75, 3.05) is 6.54 Å². The summed E-state index contributed by atoms with van der Waals surface area (Å²) in [5.74, 6) is -1.04. The number of carbonyl (C=O) groups excluding carboxylic acids is 1. The van der Waals surface area contributed by atoms with Crippen molar-refractivity contribution in [3.05, 3.63) is 11.4 Å². The molecule has 1 rings (SSSR count). The van der Waals surface area contributed by atoms with Gasteiger partial charge in [-0.25, -0.2) is 6.57 Å². The van der Waals surface area contributed by atoms with Crippen LogP contribution in [0.5, 0.6) is 0 Å². The van der Waals surface area contributed by atoms with Crippen molar-refractivity contribution in [1.29, 1.82) is 0 Å². The molecule has 0 aromatic rings. The number of carbonyl (C=O) groups is 1. The molecule has 1 fully saturated rings. The first kappa shape index (κ1) is 15.9. The molecule has 0 bridgehead atoms. The summed E-state index contributed by atoms with van der Waals surface area (Å²) in [6.07, 6.45) is 0.294. The maximum atomic E-state index is 11.8. The Bertz CT molecular complexity index is 365. The van der Waals surface area contributed by atoms with Crippen molar-refractivity contribution >= 4 is 5.97 Å². The van der Waals surface area contributed by atoms with Crippen molar-refractivity contribution < 1.29 is 19.0 Å². The topological polar surface area (TPSA) is 49.1 Å². The quantitative estimate of drug-likeness (QED) is 0.583. The van der Waals surface area contributed by atoms with E-state index in [9.17, 15) is 4.79 Å². The van der Waals surface area contributed by atoms with Gasteiger partial charge in [-0.1, -0.05) is 0 Å². The summed E-state index contributed by atoms with van der Waals surface area (Å²) in [5, 5.41) is 0. The first-order valence-electron chi connectivity index (χ1n) is 6.52. The standard InChI is InChI=1S/C14H23NO4/c1-13(2,3)19-12(16)8-10-7-11(9-15-6)18-14(4,5)17-10/h10-11H,7-9H2,1-5H3/t10-,11+/m1/s1. The Balaban J connectivity index is 2.57. The SMILES string of the molecule is [C-]#[N+]C[C@@H]1C[C@H](CC(=O)OC(C)(C)C)OC(C)(C)O1. The minimum absolute atomic E-state index is 0.186. The lowest BCUT2D eigenvalue weighted by molar-refractivity contribution is -0.296. The van der Waals surface area contributed by atoms with E-state index in [4.69, 9.17) is 20.8 Å². The Morgan fingerprint density at radius 3 is 2.47 bits per heavy atom. The van der Waals surface area contributed by atoms with Crippen molar-refractivity contribution in [3.8, 4) is 0 Å². The molecule has 0 aromatic heterocycles. The lowest BCUT2D eigenvalue weighted by Gasteiger charge is -2.39. The molecule has 0 amide bonds. The van der Waals surface area contributed by atoms with Crippen LogP contribution in [-0.4, -0.2) is 36.1 Å². The molecule has 1 saturated heterocycles. The minimum Gasteiger partial charge on any atom is -0.460 e.